The zero-order chi connectivity index (χ0) is 22.7. The molecule has 0 bridgehead atoms. The second-order valence-electron chi connectivity index (χ2n) is 7.93. The molecule has 174 valence electrons. The van der Waals surface area contributed by atoms with Crippen molar-refractivity contribution in [2.24, 2.45) is 0 Å². The number of hydrogen-bond acceptors (Lipinski definition) is 8. The second kappa shape index (κ2) is 9.77. The van der Waals surface area contributed by atoms with E-state index < -0.39 is 21.7 Å². The normalized spacial score (nSPS) is 23.8. The van der Waals surface area contributed by atoms with Gasteiger partial charge in [0.2, 0.25) is 10.0 Å². The molecule has 0 aromatic carbocycles. The molecule has 2 aromatic heterocycles. The summed E-state index contributed by atoms with van der Waals surface area (Å²) in [5.41, 5.74) is 0.0599. The molecule has 1 aliphatic heterocycles. The number of nitrogens with one attached hydrogen (secondary N) is 3. The van der Waals surface area contributed by atoms with Crippen LogP contribution in [0.3, 0.4) is 0 Å². The van der Waals surface area contributed by atoms with Crippen LogP contribution in [0.4, 0.5) is 10.5 Å². The second-order valence-corrected chi connectivity index (χ2v) is 10.8. The monoisotopic (exact) mass is 501 g/mol. The zero-order valence-electron chi connectivity index (χ0n) is 17.1. The number of anilines is 1. The van der Waals surface area contributed by atoms with Gasteiger partial charge in [0.25, 0.3) is 5.56 Å². The molecule has 2 aromatic rings. The van der Waals surface area contributed by atoms with Crippen molar-refractivity contribution in [2.75, 3.05) is 18.0 Å². The fraction of sp³-hybridized carbons (Fsp3) is 0.526. The topological polar surface area (TPSA) is 133 Å². The molecule has 13 heteroatoms. The molecule has 1 saturated heterocycles. The maximum atomic E-state index is 12.4. The number of H-pyrrole nitrogens is 1. The molecule has 0 spiro atoms. The van der Waals surface area contributed by atoms with Gasteiger partial charge < -0.3 is 15.0 Å². The van der Waals surface area contributed by atoms with Crippen LogP contribution in [0.1, 0.15) is 32.1 Å². The van der Waals surface area contributed by atoms with Crippen LogP contribution in [0.15, 0.2) is 32.7 Å². The van der Waals surface area contributed by atoms with E-state index in [0.717, 1.165) is 0 Å². The van der Waals surface area contributed by atoms with Crippen LogP contribution in [-0.4, -0.2) is 56.0 Å². The lowest BCUT2D eigenvalue weighted by Crippen LogP contribution is -2.44. The number of alkyl carbamates (subject to hydrolysis) is 1. The fourth-order valence-electron chi connectivity index (χ4n) is 4.04. The average Bonchev–Trinajstić information content (AvgIpc) is 3.44. The summed E-state index contributed by atoms with van der Waals surface area (Å²) in [5, 5.41) is 12.3. The predicted molar refractivity (Wildman–Crippen MR) is 121 cm³/mol. The number of aromatic nitrogens is 2. The van der Waals surface area contributed by atoms with Gasteiger partial charge in [-0.25, -0.2) is 23.0 Å². The van der Waals surface area contributed by atoms with E-state index >= 15 is 0 Å². The van der Waals surface area contributed by atoms with Gasteiger partial charge in [-0.3, -0.25) is 4.79 Å². The van der Waals surface area contributed by atoms with Gasteiger partial charge in [0, 0.05) is 30.4 Å². The number of sulfonamides is 1. The van der Waals surface area contributed by atoms with Crippen LogP contribution in [-0.2, 0) is 14.8 Å². The SMILES string of the molecule is O=C(N[C@H]1CC[C@H](NS(=O)(=O)c2ccsc2)CC1)O[C@@H]1CCN(c2cn[nH]c(=O)c2Cl)C1. The first-order chi connectivity index (χ1) is 15.3. The van der Waals surface area contributed by atoms with E-state index in [1.807, 2.05) is 4.90 Å². The first-order valence-electron chi connectivity index (χ1n) is 10.3. The summed E-state index contributed by atoms with van der Waals surface area (Å²) in [6.07, 6.45) is 3.89. The number of halogens is 1. The number of nitrogens with zero attached hydrogens (tertiary/aromatic N) is 2. The molecular formula is C19H24ClN5O5S2. The Balaban J connectivity index is 1.21. The van der Waals surface area contributed by atoms with Crippen molar-refractivity contribution in [1.82, 2.24) is 20.2 Å². The molecule has 0 radical (unpaired) electrons. The van der Waals surface area contributed by atoms with Crippen LogP contribution in [0.2, 0.25) is 5.02 Å². The van der Waals surface area contributed by atoms with Gasteiger partial charge in [0.05, 0.1) is 23.3 Å². The van der Waals surface area contributed by atoms with E-state index in [2.05, 4.69) is 20.2 Å². The molecular weight excluding hydrogens is 478 g/mol. The predicted octanol–water partition coefficient (Wildman–Crippen LogP) is 2.08. The first kappa shape index (κ1) is 23.0. The van der Waals surface area contributed by atoms with Crippen molar-refractivity contribution in [3.8, 4) is 0 Å². The molecule has 2 aliphatic rings. The van der Waals surface area contributed by atoms with Crippen molar-refractivity contribution in [2.45, 2.75) is 55.2 Å². The summed E-state index contributed by atoms with van der Waals surface area (Å²) in [6.45, 7) is 1.02. The Labute approximate surface area is 194 Å². The van der Waals surface area contributed by atoms with E-state index in [4.69, 9.17) is 16.3 Å². The Bertz CT molecular complexity index is 1100. The van der Waals surface area contributed by atoms with Crippen molar-refractivity contribution >= 4 is 44.7 Å². The average molecular weight is 502 g/mol. The lowest BCUT2D eigenvalue weighted by molar-refractivity contribution is 0.102. The van der Waals surface area contributed by atoms with Gasteiger partial charge in [-0.2, -0.15) is 16.4 Å². The summed E-state index contributed by atoms with van der Waals surface area (Å²) in [4.78, 5) is 26.1. The summed E-state index contributed by atoms with van der Waals surface area (Å²) < 4.78 is 33.0. The quantitative estimate of drug-likeness (QED) is 0.551. The highest BCUT2D eigenvalue weighted by molar-refractivity contribution is 7.89. The molecule has 3 N–H and O–H groups in total. The van der Waals surface area contributed by atoms with Crippen LogP contribution in [0, 0.1) is 0 Å². The number of amides is 1. The first-order valence-corrected chi connectivity index (χ1v) is 13.1. The third-order valence-electron chi connectivity index (χ3n) is 5.71. The summed E-state index contributed by atoms with van der Waals surface area (Å²) in [7, 11) is -3.50. The Kier molecular flexibility index (Phi) is 7.03. The van der Waals surface area contributed by atoms with Crippen molar-refractivity contribution in [3.63, 3.8) is 0 Å². The van der Waals surface area contributed by atoms with Gasteiger partial charge in [-0.1, -0.05) is 11.6 Å². The minimum atomic E-state index is -3.50. The van der Waals surface area contributed by atoms with E-state index in [0.29, 0.717) is 50.9 Å². The number of hydrogen-bond donors (Lipinski definition) is 3. The van der Waals surface area contributed by atoms with E-state index in [1.165, 1.54) is 17.5 Å². The van der Waals surface area contributed by atoms with Gasteiger partial charge in [-0.15, -0.1) is 0 Å². The highest BCUT2D eigenvalue weighted by atomic mass is 35.5. The third kappa shape index (κ3) is 5.42. The van der Waals surface area contributed by atoms with Crippen LogP contribution >= 0.6 is 22.9 Å². The molecule has 10 nitrogen and oxygen atoms in total. The molecule has 1 amide bonds. The molecule has 1 saturated carbocycles. The Morgan fingerprint density at radius 3 is 2.72 bits per heavy atom. The number of carbonyl (C=O) groups is 1. The highest BCUT2D eigenvalue weighted by Crippen LogP contribution is 2.26. The van der Waals surface area contributed by atoms with Gasteiger partial charge >= 0.3 is 6.09 Å². The molecule has 2 fully saturated rings. The Morgan fingerprint density at radius 1 is 1.25 bits per heavy atom. The minimum absolute atomic E-state index is 0.0618. The van der Waals surface area contributed by atoms with Crippen molar-refractivity contribution in [1.29, 1.82) is 0 Å². The smallest absolute Gasteiger partial charge is 0.407 e. The van der Waals surface area contributed by atoms with Gasteiger partial charge in [-0.05, 0) is 37.1 Å². The molecule has 32 heavy (non-hydrogen) atoms. The molecule has 1 atom stereocenters. The van der Waals surface area contributed by atoms with E-state index in [9.17, 15) is 18.0 Å². The number of aromatic amines is 1. The standard InChI is InChI=1S/C19H24ClN5O5S2/c20-17-16(9-21-23-18(17)26)25-7-5-14(10-25)30-19(27)22-12-1-3-13(4-2-12)24-32(28,29)15-6-8-31-11-15/h6,8-9,11-14,24H,1-5,7,10H2,(H,22,27)(H,23,26)/t12-,13-,14-/m1/s1. The van der Waals surface area contributed by atoms with Crippen LogP contribution in [0.25, 0.3) is 0 Å². The fourth-order valence-corrected chi connectivity index (χ4v) is 6.58. The van der Waals surface area contributed by atoms with Crippen LogP contribution < -0.4 is 20.5 Å². The molecule has 0 unspecified atom stereocenters. The van der Waals surface area contributed by atoms with Crippen molar-refractivity contribution < 1.29 is 17.9 Å². The lowest BCUT2D eigenvalue weighted by Gasteiger charge is -2.29. The number of rotatable bonds is 6. The number of carbonyl (C=O) groups excluding carboxylic acids is 1. The summed E-state index contributed by atoms with van der Waals surface area (Å²) in [5.74, 6) is 0. The molecule has 1 aliphatic carbocycles. The maximum absolute atomic E-state index is 12.4. The molecule has 3 heterocycles. The highest BCUT2D eigenvalue weighted by Gasteiger charge is 2.30. The largest absolute Gasteiger partial charge is 0.444 e. The Morgan fingerprint density at radius 2 is 2.00 bits per heavy atom. The number of ether oxygens (including phenoxy) is 1. The van der Waals surface area contributed by atoms with E-state index in [1.54, 1.807) is 16.8 Å². The third-order valence-corrected chi connectivity index (χ3v) is 8.43. The molecule has 4 rings (SSSR count). The van der Waals surface area contributed by atoms with Crippen LogP contribution in [0.5, 0.6) is 0 Å². The lowest BCUT2D eigenvalue weighted by atomic mass is 9.92. The summed E-state index contributed by atoms with van der Waals surface area (Å²) >= 11 is 7.39. The van der Waals surface area contributed by atoms with Crippen molar-refractivity contribution in [3.05, 3.63) is 38.4 Å². The minimum Gasteiger partial charge on any atom is -0.444 e. The number of thiophene rings is 1. The zero-order valence-corrected chi connectivity index (χ0v) is 19.5. The van der Waals surface area contributed by atoms with E-state index in [-0.39, 0.29) is 28.1 Å². The maximum Gasteiger partial charge on any atom is 0.407 e. The summed E-state index contributed by atoms with van der Waals surface area (Å²) in [6, 6.07) is 1.37. The van der Waals surface area contributed by atoms with Gasteiger partial charge in [0.1, 0.15) is 11.1 Å². The Hall–Kier alpha value is -2.15. The van der Waals surface area contributed by atoms with Gasteiger partial charge in [0.15, 0.2) is 0 Å².